The van der Waals surface area contributed by atoms with Crippen LogP contribution in [0, 0.1) is 35.5 Å². The zero-order valence-corrected chi connectivity index (χ0v) is 8.29. The smallest absolute Gasteiger partial charge is 0.0354 e. The fourth-order valence-electron chi connectivity index (χ4n) is 3.51. The monoisotopic (exact) mass is 164 g/mol. The minimum Gasteiger partial charge on any atom is -0.0625 e. The molecule has 0 bridgehead atoms. The number of fused-ring (bicyclic) bond motifs is 1. The standard InChI is InChI=1S/C12H20/c1-7(2)11-5-9(11)3-8-4-10-6-12(8)10/h7-12H,3-6H2,1-2H3. The van der Waals surface area contributed by atoms with Gasteiger partial charge in [-0.05, 0) is 61.2 Å². The number of hydrogen-bond donors (Lipinski definition) is 0. The molecule has 0 N–H and O–H groups in total. The Labute approximate surface area is 75.7 Å². The second kappa shape index (κ2) is 2.27. The molecule has 3 fully saturated rings. The van der Waals surface area contributed by atoms with Gasteiger partial charge in [-0.3, -0.25) is 0 Å². The van der Waals surface area contributed by atoms with Crippen LogP contribution in [0.2, 0.25) is 0 Å². The third-order valence-corrected chi connectivity index (χ3v) is 4.63. The number of rotatable bonds is 3. The molecule has 68 valence electrons. The second-order valence-electron chi connectivity index (χ2n) is 5.79. The van der Waals surface area contributed by atoms with Gasteiger partial charge in [0.15, 0.2) is 0 Å². The molecular weight excluding hydrogens is 144 g/mol. The summed E-state index contributed by atoms with van der Waals surface area (Å²) in [5.41, 5.74) is 0. The zero-order valence-electron chi connectivity index (χ0n) is 8.29. The van der Waals surface area contributed by atoms with Crippen molar-refractivity contribution in [3.05, 3.63) is 0 Å². The van der Waals surface area contributed by atoms with Gasteiger partial charge in [0.2, 0.25) is 0 Å². The van der Waals surface area contributed by atoms with E-state index in [0.29, 0.717) is 0 Å². The second-order valence-corrected chi connectivity index (χ2v) is 5.79. The van der Waals surface area contributed by atoms with E-state index in [0.717, 1.165) is 17.8 Å². The van der Waals surface area contributed by atoms with E-state index >= 15 is 0 Å². The topological polar surface area (TPSA) is 0 Å². The quantitative estimate of drug-likeness (QED) is 0.600. The summed E-state index contributed by atoms with van der Waals surface area (Å²) in [6.07, 6.45) is 6.37. The molecular formula is C12H20. The van der Waals surface area contributed by atoms with E-state index in [-0.39, 0.29) is 0 Å². The van der Waals surface area contributed by atoms with Crippen molar-refractivity contribution in [2.75, 3.05) is 0 Å². The molecule has 0 spiro atoms. The lowest BCUT2D eigenvalue weighted by atomic mass is 9.81. The highest BCUT2D eigenvalue weighted by molar-refractivity contribution is 5.04. The Hall–Kier alpha value is 0. The van der Waals surface area contributed by atoms with Crippen LogP contribution in [-0.2, 0) is 0 Å². The predicted octanol–water partition coefficient (Wildman–Crippen LogP) is 3.32. The Kier molecular flexibility index (Phi) is 1.40. The summed E-state index contributed by atoms with van der Waals surface area (Å²) in [6.45, 7) is 4.79. The predicted molar refractivity (Wildman–Crippen MR) is 50.8 cm³/mol. The van der Waals surface area contributed by atoms with Crippen LogP contribution in [0.25, 0.3) is 0 Å². The van der Waals surface area contributed by atoms with Crippen molar-refractivity contribution in [1.29, 1.82) is 0 Å². The van der Waals surface area contributed by atoms with E-state index in [1.54, 1.807) is 25.7 Å². The van der Waals surface area contributed by atoms with E-state index in [1.165, 1.54) is 17.8 Å². The molecule has 0 saturated heterocycles. The van der Waals surface area contributed by atoms with Crippen LogP contribution in [0.15, 0.2) is 0 Å². The fourth-order valence-corrected chi connectivity index (χ4v) is 3.51. The van der Waals surface area contributed by atoms with Crippen LogP contribution in [-0.4, -0.2) is 0 Å². The van der Waals surface area contributed by atoms with Crippen molar-refractivity contribution >= 4 is 0 Å². The first-order valence-electron chi connectivity index (χ1n) is 5.75. The third-order valence-electron chi connectivity index (χ3n) is 4.63. The van der Waals surface area contributed by atoms with E-state index in [1.807, 2.05) is 0 Å². The molecule has 0 heteroatoms. The van der Waals surface area contributed by atoms with E-state index in [2.05, 4.69) is 13.8 Å². The van der Waals surface area contributed by atoms with Crippen molar-refractivity contribution in [2.45, 2.75) is 39.5 Å². The lowest BCUT2D eigenvalue weighted by molar-refractivity contribution is 0.250. The molecule has 0 aromatic rings. The summed E-state index contributed by atoms with van der Waals surface area (Å²) in [5.74, 6) is 6.85. The van der Waals surface area contributed by atoms with Crippen molar-refractivity contribution in [2.24, 2.45) is 35.5 Å². The van der Waals surface area contributed by atoms with Gasteiger partial charge in [-0.25, -0.2) is 0 Å². The van der Waals surface area contributed by atoms with Crippen molar-refractivity contribution in [1.82, 2.24) is 0 Å². The molecule has 0 radical (unpaired) electrons. The Morgan fingerprint density at radius 1 is 1.08 bits per heavy atom. The fraction of sp³-hybridized carbons (Fsp3) is 1.00. The highest BCUT2D eigenvalue weighted by Crippen LogP contribution is 2.64. The van der Waals surface area contributed by atoms with Gasteiger partial charge in [0, 0.05) is 0 Å². The van der Waals surface area contributed by atoms with Crippen molar-refractivity contribution in [3.8, 4) is 0 Å². The Morgan fingerprint density at radius 3 is 2.33 bits per heavy atom. The molecule has 12 heavy (non-hydrogen) atoms. The molecule has 0 aliphatic heterocycles. The molecule has 0 aromatic carbocycles. The summed E-state index contributed by atoms with van der Waals surface area (Å²) >= 11 is 0. The van der Waals surface area contributed by atoms with Crippen molar-refractivity contribution < 1.29 is 0 Å². The highest BCUT2D eigenvalue weighted by atomic mass is 14.6. The van der Waals surface area contributed by atoms with Gasteiger partial charge in [0.05, 0.1) is 0 Å². The van der Waals surface area contributed by atoms with Gasteiger partial charge in [-0.1, -0.05) is 13.8 Å². The van der Waals surface area contributed by atoms with Gasteiger partial charge < -0.3 is 0 Å². The Bertz CT molecular complexity index is 194. The van der Waals surface area contributed by atoms with Crippen LogP contribution in [0.1, 0.15) is 39.5 Å². The highest BCUT2D eigenvalue weighted by Gasteiger charge is 2.55. The lowest BCUT2D eigenvalue weighted by Gasteiger charge is -2.24. The van der Waals surface area contributed by atoms with Crippen LogP contribution in [0.4, 0.5) is 0 Å². The minimum absolute atomic E-state index is 0.963. The summed E-state index contributed by atoms with van der Waals surface area (Å²) in [4.78, 5) is 0. The van der Waals surface area contributed by atoms with Crippen LogP contribution < -0.4 is 0 Å². The first-order valence-corrected chi connectivity index (χ1v) is 5.75. The molecule has 0 amide bonds. The Balaban J connectivity index is 1.46. The zero-order chi connectivity index (χ0) is 8.29. The van der Waals surface area contributed by atoms with Crippen LogP contribution >= 0.6 is 0 Å². The largest absolute Gasteiger partial charge is 0.0625 e. The first kappa shape index (κ1) is 7.41. The van der Waals surface area contributed by atoms with Gasteiger partial charge in [-0.2, -0.15) is 0 Å². The molecule has 0 nitrogen and oxygen atoms in total. The van der Waals surface area contributed by atoms with E-state index < -0.39 is 0 Å². The van der Waals surface area contributed by atoms with E-state index in [9.17, 15) is 0 Å². The van der Waals surface area contributed by atoms with Crippen LogP contribution in [0.3, 0.4) is 0 Å². The van der Waals surface area contributed by atoms with E-state index in [4.69, 9.17) is 0 Å². The molecule has 0 aromatic heterocycles. The average molecular weight is 164 g/mol. The molecule has 3 aliphatic carbocycles. The minimum atomic E-state index is 0.963. The maximum absolute atomic E-state index is 2.39. The van der Waals surface area contributed by atoms with Crippen LogP contribution in [0.5, 0.6) is 0 Å². The molecule has 5 unspecified atom stereocenters. The lowest BCUT2D eigenvalue weighted by Crippen LogP contribution is -2.16. The summed E-state index contributed by atoms with van der Waals surface area (Å²) < 4.78 is 0. The average Bonchev–Trinajstić information content (AvgIpc) is 2.79. The summed E-state index contributed by atoms with van der Waals surface area (Å²) in [7, 11) is 0. The molecule has 0 heterocycles. The van der Waals surface area contributed by atoms with Gasteiger partial charge in [0.25, 0.3) is 0 Å². The molecule has 5 atom stereocenters. The molecule has 3 rings (SSSR count). The van der Waals surface area contributed by atoms with Crippen molar-refractivity contribution in [3.63, 3.8) is 0 Å². The Morgan fingerprint density at radius 2 is 1.92 bits per heavy atom. The molecule has 3 aliphatic rings. The van der Waals surface area contributed by atoms with Gasteiger partial charge >= 0.3 is 0 Å². The van der Waals surface area contributed by atoms with Gasteiger partial charge in [0.1, 0.15) is 0 Å². The molecule has 3 saturated carbocycles. The normalized spacial score (nSPS) is 54.8. The SMILES string of the molecule is CC(C)C1CC1CC1CC2CC12. The summed E-state index contributed by atoms with van der Waals surface area (Å²) in [5, 5.41) is 0. The van der Waals surface area contributed by atoms with Gasteiger partial charge in [-0.15, -0.1) is 0 Å². The summed E-state index contributed by atoms with van der Waals surface area (Å²) in [6, 6.07) is 0. The maximum Gasteiger partial charge on any atom is -0.0354 e. The number of hydrogen-bond acceptors (Lipinski definition) is 0. The third kappa shape index (κ3) is 1.03. The maximum atomic E-state index is 2.39. The first-order chi connectivity index (χ1) is 5.75.